The number of aromatic nitrogens is 1. The van der Waals surface area contributed by atoms with Crippen molar-refractivity contribution in [2.24, 2.45) is 5.92 Å². The maximum atomic E-state index is 11.3. The fourth-order valence-corrected chi connectivity index (χ4v) is 4.66. The first-order chi connectivity index (χ1) is 15.5. The normalized spacial score (nSPS) is 15.3. The van der Waals surface area contributed by atoms with E-state index in [1.54, 1.807) is 0 Å². The number of hydrogen-bond donors (Lipinski definition) is 1. The van der Waals surface area contributed by atoms with E-state index in [-0.39, 0.29) is 11.9 Å². The molecule has 0 bridgehead atoms. The first kappa shape index (κ1) is 22.6. The first-order valence-electron chi connectivity index (χ1n) is 11.3. The van der Waals surface area contributed by atoms with Gasteiger partial charge in [0, 0.05) is 18.4 Å². The van der Waals surface area contributed by atoms with E-state index in [1.165, 1.54) is 39.0 Å². The van der Waals surface area contributed by atoms with Crippen LogP contribution in [0.25, 0.3) is 10.9 Å². The standard InChI is InChI=1S/C26H29BrN2O3/c1-17(28-18(2)30)20-8-11-24-21(14-20)9-13-26(29-24)32-22-10-12-25(23(27)15-22)31-16-19-6-4-3-5-7-19/h8-15,17,19H,3-7,16H2,1-2H3,(H,28,30). The third kappa shape index (κ3) is 5.80. The number of halogens is 1. The highest BCUT2D eigenvalue weighted by Crippen LogP contribution is 2.33. The molecule has 5 nitrogen and oxygen atoms in total. The number of nitrogens with zero attached hydrogens (tertiary/aromatic N) is 1. The molecule has 1 heterocycles. The quantitative estimate of drug-likeness (QED) is 0.384. The lowest BCUT2D eigenvalue weighted by Gasteiger charge is -2.22. The summed E-state index contributed by atoms with van der Waals surface area (Å²) in [6, 6.07) is 15.5. The Morgan fingerprint density at radius 2 is 1.94 bits per heavy atom. The Hall–Kier alpha value is -2.60. The van der Waals surface area contributed by atoms with E-state index >= 15 is 0 Å². The van der Waals surface area contributed by atoms with Crippen LogP contribution in [0.4, 0.5) is 0 Å². The lowest BCUT2D eigenvalue weighted by molar-refractivity contribution is -0.119. The van der Waals surface area contributed by atoms with Crippen molar-refractivity contribution in [3.63, 3.8) is 0 Å². The largest absolute Gasteiger partial charge is 0.492 e. The van der Waals surface area contributed by atoms with Gasteiger partial charge in [0.05, 0.1) is 22.6 Å². The molecule has 1 atom stereocenters. The molecule has 168 valence electrons. The Morgan fingerprint density at radius 3 is 2.69 bits per heavy atom. The van der Waals surface area contributed by atoms with Crippen molar-refractivity contribution in [2.45, 2.75) is 52.0 Å². The van der Waals surface area contributed by atoms with Gasteiger partial charge in [-0.3, -0.25) is 4.79 Å². The summed E-state index contributed by atoms with van der Waals surface area (Å²) >= 11 is 3.61. The van der Waals surface area contributed by atoms with Crippen LogP contribution in [-0.2, 0) is 4.79 Å². The Labute approximate surface area is 197 Å². The van der Waals surface area contributed by atoms with Gasteiger partial charge >= 0.3 is 0 Å². The molecule has 3 aromatic rings. The number of hydrogen-bond acceptors (Lipinski definition) is 4. The highest BCUT2D eigenvalue weighted by molar-refractivity contribution is 9.10. The highest BCUT2D eigenvalue weighted by atomic mass is 79.9. The molecule has 1 aliphatic rings. The van der Waals surface area contributed by atoms with Gasteiger partial charge in [0.25, 0.3) is 0 Å². The smallest absolute Gasteiger partial charge is 0.219 e. The topological polar surface area (TPSA) is 60.5 Å². The average Bonchev–Trinajstić information content (AvgIpc) is 2.78. The van der Waals surface area contributed by atoms with Crippen LogP contribution in [-0.4, -0.2) is 17.5 Å². The number of pyridine rings is 1. The number of carbonyl (C=O) groups excluding carboxylic acids is 1. The van der Waals surface area contributed by atoms with Crippen LogP contribution < -0.4 is 14.8 Å². The van der Waals surface area contributed by atoms with Crippen molar-refractivity contribution < 1.29 is 14.3 Å². The van der Waals surface area contributed by atoms with Gasteiger partial charge in [0.15, 0.2) is 0 Å². The van der Waals surface area contributed by atoms with Crippen molar-refractivity contribution in [2.75, 3.05) is 6.61 Å². The van der Waals surface area contributed by atoms with E-state index in [0.29, 0.717) is 17.5 Å². The van der Waals surface area contributed by atoms with Gasteiger partial charge in [-0.25, -0.2) is 4.98 Å². The van der Waals surface area contributed by atoms with Crippen LogP contribution in [0.15, 0.2) is 53.0 Å². The number of ether oxygens (including phenoxy) is 2. The second-order valence-electron chi connectivity index (χ2n) is 8.53. The van der Waals surface area contributed by atoms with Crippen molar-refractivity contribution in [3.8, 4) is 17.4 Å². The summed E-state index contributed by atoms with van der Waals surface area (Å²) in [6.07, 6.45) is 6.51. The van der Waals surface area contributed by atoms with E-state index < -0.39 is 0 Å². The van der Waals surface area contributed by atoms with Crippen molar-refractivity contribution in [1.29, 1.82) is 0 Å². The zero-order valence-corrected chi connectivity index (χ0v) is 20.2. The molecule has 32 heavy (non-hydrogen) atoms. The van der Waals surface area contributed by atoms with E-state index in [2.05, 4.69) is 26.2 Å². The average molecular weight is 497 g/mol. The zero-order chi connectivity index (χ0) is 22.5. The Bertz CT molecular complexity index is 1100. The monoisotopic (exact) mass is 496 g/mol. The van der Waals surface area contributed by atoms with Gasteiger partial charge in [0.1, 0.15) is 11.5 Å². The molecule has 4 rings (SSSR count). The van der Waals surface area contributed by atoms with Gasteiger partial charge in [0.2, 0.25) is 11.8 Å². The third-order valence-electron chi connectivity index (χ3n) is 5.93. The molecule has 1 amide bonds. The van der Waals surface area contributed by atoms with Gasteiger partial charge in [-0.2, -0.15) is 0 Å². The van der Waals surface area contributed by atoms with Crippen LogP contribution in [0.1, 0.15) is 57.6 Å². The van der Waals surface area contributed by atoms with E-state index in [4.69, 9.17) is 9.47 Å². The van der Waals surface area contributed by atoms with E-state index in [9.17, 15) is 4.79 Å². The van der Waals surface area contributed by atoms with Crippen molar-refractivity contribution >= 4 is 32.7 Å². The number of amides is 1. The molecule has 1 N–H and O–H groups in total. The summed E-state index contributed by atoms with van der Waals surface area (Å²) in [7, 11) is 0. The molecule has 0 spiro atoms. The zero-order valence-electron chi connectivity index (χ0n) is 18.6. The maximum Gasteiger partial charge on any atom is 0.219 e. The summed E-state index contributed by atoms with van der Waals surface area (Å²) in [5.74, 6) is 2.69. The molecule has 1 aliphatic carbocycles. The van der Waals surface area contributed by atoms with Crippen molar-refractivity contribution in [3.05, 3.63) is 58.6 Å². The Kier molecular flexibility index (Phi) is 7.30. The van der Waals surface area contributed by atoms with Gasteiger partial charge in [-0.05, 0) is 83.6 Å². The maximum absolute atomic E-state index is 11.3. The minimum atomic E-state index is -0.0518. The van der Waals surface area contributed by atoms with E-state index in [1.807, 2.05) is 55.5 Å². The fourth-order valence-electron chi connectivity index (χ4n) is 4.18. The van der Waals surface area contributed by atoms with Crippen LogP contribution >= 0.6 is 15.9 Å². The summed E-state index contributed by atoms with van der Waals surface area (Å²) in [5.41, 5.74) is 1.88. The van der Waals surface area contributed by atoms with Gasteiger partial charge < -0.3 is 14.8 Å². The summed E-state index contributed by atoms with van der Waals surface area (Å²) < 4.78 is 12.9. The third-order valence-corrected chi connectivity index (χ3v) is 6.55. The lowest BCUT2D eigenvalue weighted by Crippen LogP contribution is -2.23. The molecule has 0 saturated heterocycles. The van der Waals surface area contributed by atoms with Crippen LogP contribution in [0.3, 0.4) is 0 Å². The molecular weight excluding hydrogens is 468 g/mol. The fraction of sp³-hybridized carbons (Fsp3) is 0.385. The van der Waals surface area contributed by atoms with E-state index in [0.717, 1.165) is 33.3 Å². The Morgan fingerprint density at radius 1 is 1.12 bits per heavy atom. The molecule has 1 saturated carbocycles. The predicted octanol–water partition coefficient (Wildman–Crippen LogP) is 6.95. The number of benzene rings is 2. The molecule has 6 heteroatoms. The summed E-state index contributed by atoms with van der Waals surface area (Å²) in [4.78, 5) is 15.9. The molecule has 1 aromatic heterocycles. The second kappa shape index (κ2) is 10.3. The first-order valence-corrected chi connectivity index (χ1v) is 12.1. The molecule has 2 aromatic carbocycles. The summed E-state index contributed by atoms with van der Waals surface area (Å²) in [6.45, 7) is 4.26. The predicted molar refractivity (Wildman–Crippen MR) is 130 cm³/mol. The molecular formula is C26H29BrN2O3. The minimum Gasteiger partial charge on any atom is -0.492 e. The highest BCUT2D eigenvalue weighted by Gasteiger charge is 2.15. The van der Waals surface area contributed by atoms with Crippen LogP contribution in [0, 0.1) is 5.92 Å². The molecule has 1 unspecified atom stereocenters. The molecule has 1 fully saturated rings. The number of fused-ring (bicyclic) bond motifs is 1. The second-order valence-corrected chi connectivity index (χ2v) is 9.39. The summed E-state index contributed by atoms with van der Waals surface area (Å²) in [5, 5.41) is 3.91. The number of rotatable bonds is 7. The molecule has 0 aliphatic heterocycles. The number of nitrogens with one attached hydrogen (secondary N) is 1. The van der Waals surface area contributed by atoms with Crippen LogP contribution in [0.5, 0.6) is 17.4 Å². The number of carbonyl (C=O) groups is 1. The Balaban J connectivity index is 1.42. The lowest BCUT2D eigenvalue weighted by atomic mass is 9.90. The molecule has 0 radical (unpaired) electrons. The minimum absolute atomic E-state index is 0.0453. The van der Waals surface area contributed by atoms with Gasteiger partial charge in [-0.15, -0.1) is 0 Å². The van der Waals surface area contributed by atoms with Gasteiger partial charge in [-0.1, -0.05) is 25.3 Å². The van der Waals surface area contributed by atoms with Crippen molar-refractivity contribution in [1.82, 2.24) is 10.3 Å². The SMILES string of the molecule is CC(=O)NC(C)c1ccc2nc(Oc3ccc(OCC4CCCCC4)c(Br)c3)ccc2c1. The van der Waals surface area contributed by atoms with Crippen LogP contribution in [0.2, 0.25) is 0 Å².